The van der Waals surface area contributed by atoms with Crippen LogP contribution in [0.1, 0.15) is 5.69 Å². The van der Waals surface area contributed by atoms with E-state index in [1.807, 2.05) is 36.2 Å². The van der Waals surface area contributed by atoms with Crippen LogP contribution >= 0.6 is 0 Å². The molecule has 1 saturated heterocycles. The van der Waals surface area contributed by atoms with Crippen molar-refractivity contribution in [2.45, 2.75) is 11.8 Å². The summed E-state index contributed by atoms with van der Waals surface area (Å²) in [6.07, 6.45) is 1.81. The van der Waals surface area contributed by atoms with Gasteiger partial charge in [-0.2, -0.15) is 14.6 Å². The molecule has 0 radical (unpaired) electrons. The Morgan fingerprint density at radius 1 is 0.970 bits per heavy atom. The van der Waals surface area contributed by atoms with Crippen LogP contribution in [0.25, 0.3) is 17.2 Å². The predicted octanol–water partition coefficient (Wildman–Crippen LogP) is 0.801. The molecule has 1 aliphatic rings. The number of halogens is 1. The van der Waals surface area contributed by atoms with Gasteiger partial charge in [-0.25, -0.2) is 17.5 Å². The van der Waals surface area contributed by atoms with E-state index in [1.54, 1.807) is 4.68 Å². The number of piperazine rings is 1. The molecular weight excluding hydrogens is 451 g/mol. The fraction of sp³-hybridized carbons (Fsp3) is 0.263. The molecule has 0 spiro atoms. The molecule has 1 fully saturated rings. The van der Waals surface area contributed by atoms with Crippen molar-refractivity contribution in [3.8, 4) is 17.2 Å². The van der Waals surface area contributed by atoms with Crippen LogP contribution in [-0.4, -0.2) is 79.5 Å². The second-order valence-electron chi connectivity index (χ2n) is 7.42. The summed E-state index contributed by atoms with van der Waals surface area (Å²) in [5.74, 6) is 0.608. The Morgan fingerprint density at radius 2 is 1.73 bits per heavy atom. The van der Waals surface area contributed by atoms with Crippen molar-refractivity contribution in [1.29, 1.82) is 0 Å². The van der Waals surface area contributed by atoms with Crippen molar-refractivity contribution in [2.75, 3.05) is 31.1 Å². The highest BCUT2D eigenvalue weighted by atomic mass is 32.2. The number of hydrogen-bond donors (Lipinski definition) is 1. The highest BCUT2D eigenvalue weighted by Gasteiger charge is 2.30. The zero-order chi connectivity index (χ0) is 23.0. The Balaban J connectivity index is 1.29. The third-order valence-corrected chi connectivity index (χ3v) is 7.21. The zero-order valence-corrected chi connectivity index (χ0v) is 18.3. The van der Waals surface area contributed by atoms with Gasteiger partial charge in [-0.15, -0.1) is 20.4 Å². The van der Waals surface area contributed by atoms with Gasteiger partial charge in [0.2, 0.25) is 15.8 Å². The minimum atomic E-state index is -3.83. The van der Waals surface area contributed by atoms with E-state index in [0.29, 0.717) is 24.7 Å². The van der Waals surface area contributed by atoms with Gasteiger partial charge in [-0.1, -0.05) is 0 Å². The average molecular weight is 470 g/mol. The van der Waals surface area contributed by atoms with E-state index in [1.165, 1.54) is 16.4 Å². The van der Waals surface area contributed by atoms with E-state index in [2.05, 4.69) is 35.9 Å². The molecule has 33 heavy (non-hydrogen) atoms. The highest BCUT2D eigenvalue weighted by molar-refractivity contribution is 7.89. The summed E-state index contributed by atoms with van der Waals surface area (Å²) in [7, 11) is -3.83. The van der Waals surface area contributed by atoms with E-state index in [4.69, 9.17) is 0 Å². The predicted molar refractivity (Wildman–Crippen MR) is 114 cm³/mol. The molecule has 12 nitrogen and oxygen atoms in total. The fourth-order valence-corrected chi connectivity index (χ4v) is 5.02. The molecule has 5 rings (SSSR count). The van der Waals surface area contributed by atoms with Gasteiger partial charge in [0.05, 0.1) is 16.2 Å². The van der Waals surface area contributed by atoms with Gasteiger partial charge in [0.1, 0.15) is 5.82 Å². The van der Waals surface area contributed by atoms with E-state index in [0.717, 1.165) is 11.8 Å². The van der Waals surface area contributed by atoms with E-state index >= 15 is 0 Å². The molecule has 1 aliphatic heterocycles. The normalized spacial score (nSPS) is 15.2. The van der Waals surface area contributed by atoms with Crippen molar-refractivity contribution in [1.82, 2.24) is 44.9 Å². The molecule has 1 aromatic carbocycles. The van der Waals surface area contributed by atoms with Crippen LogP contribution in [0.4, 0.5) is 10.2 Å². The van der Waals surface area contributed by atoms with Gasteiger partial charge in [0.25, 0.3) is 0 Å². The summed E-state index contributed by atoms with van der Waals surface area (Å²) in [6.45, 7) is 3.27. The van der Waals surface area contributed by atoms with Crippen molar-refractivity contribution >= 4 is 15.8 Å². The summed E-state index contributed by atoms with van der Waals surface area (Å²) in [4.78, 5) is 1.93. The number of nitrogens with one attached hydrogen (secondary N) is 1. The summed E-state index contributed by atoms with van der Waals surface area (Å²) < 4.78 is 43.5. The summed E-state index contributed by atoms with van der Waals surface area (Å²) in [5, 5.41) is 25.9. The maximum atomic E-state index is 14.2. The molecular formula is C19H19FN10O2S. The zero-order valence-electron chi connectivity index (χ0n) is 17.5. The molecule has 3 aromatic heterocycles. The molecule has 170 valence electrons. The largest absolute Gasteiger partial charge is 0.352 e. The van der Waals surface area contributed by atoms with Crippen LogP contribution in [0.15, 0.2) is 47.5 Å². The third-order valence-electron chi connectivity index (χ3n) is 5.32. The first-order valence-corrected chi connectivity index (χ1v) is 11.5. The number of H-pyrrole nitrogens is 1. The number of rotatable bonds is 5. The van der Waals surface area contributed by atoms with Gasteiger partial charge in [0.15, 0.2) is 11.6 Å². The minimum Gasteiger partial charge on any atom is -0.352 e. The molecule has 0 atom stereocenters. The second-order valence-corrected chi connectivity index (χ2v) is 9.36. The summed E-state index contributed by atoms with van der Waals surface area (Å²) in [5.41, 5.74) is 0.843. The number of sulfonamides is 1. The molecule has 0 saturated carbocycles. The Bertz CT molecular complexity index is 1360. The molecule has 0 amide bonds. The van der Waals surface area contributed by atoms with Crippen molar-refractivity contribution in [3.05, 3.63) is 54.1 Å². The Kier molecular flexibility index (Phi) is 5.30. The SMILES string of the molecule is Cc1ccn(-c2ccc(N3CCN(S(=O)(=O)c4ccc(F)c(-c5nn[nH]n5)c4)CC3)nn2)n1. The van der Waals surface area contributed by atoms with Crippen LogP contribution in [0.5, 0.6) is 0 Å². The van der Waals surface area contributed by atoms with Crippen LogP contribution in [0.2, 0.25) is 0 Å². The van der Waals surface area contributed by atoms with Crippen molar-refractivity contribution < 1.29 is 12.8 Å². The first kappa shape index (κ1) is 21.1. The lowest BCUT2D eigenvalue weighted by molar-refractivity contribution is 0.383. The Labute approximate surface area is 188 Å². The number of hydrogen-bond acceptors (Lipinski definition) is 9. The van der Waals surface area contributed by atoms with Gasteiger partial charge in [0, 0.05) is 32.4 Å². The lowest BCUT2D eigenvalue weighted by Crippen LogP contribution is -2.49. The minimum absolute atomic E-state index is 0.0123. The molecule has 4 aromatic rings. The van der Waals surface area contributed by atoms with Crippen LogP contribution < -0.4 is 4.90 Å². The maximum absolute atomic E-state index is 14.2. The Morgan fingerprint density at radius 3 is 2.36 bits per heavy atom. The number of anilines is 1. The monoisotopic (exact) mass is 470 g/mol. The van der Waals surface area contributed by atoms with Crippen LogP contribution in [0.3, 0.4) is 0 Å². The van der Waals surface area contributed by atoms with Gasteiger partial charge >= 0.3 is 0 Å². The van der Waals surface area contributed by atoms with Crippen LogP contribution in [0, 0.1) is 12.7 Å². The average Bonchev–Trinajstić information content (AvgIpc) is 3.52. The first-order valence-electron chi connectivity index (χ1n) is 10.1. The molecule has 0 aliphatic carbocycles. The van der Waals surface area contributed by atoms with Gasteiger partial charge in [-0.3, -0.25) is 0 Å². The summed E-state index contributed by atoms with van der Waals surface area (Å²) >= 11 is 0. The number of nitrogens with zero attached hydrogens (tertiary/aromatic N) is 9. The van der Waals surface area contributed by atoms with Gasteiger partial charge in [-0.05, 0) is 48.5 Å². The number of aromatic nitrogens is 8. The number of aromatic amines is 1. The first-order chi connectivity index (χ1) is 15.9. The molecule has 0 unspecified atom stereocenters. The third kappa shape index (κ3) is 4.05. The van der Waals surface area contributed by atoms with E-state index in [-0.39, 0.29) is 29.4 Å². The van der Waals surface area contributed by atoms with Gasteiger partial charge < -0.3 is 4.90 Å². The molecule has 1 N–H and O–H groups in total. The molecule has 14 heteroatoms. The second kappa shape index (κ2) is 8.29. The maximum Gasteiger partial charge on any atom is 0.243 e. The molecule has 0 bridgehead atoms. The van der Waals surface area contributed by atoms with Crippen molar-refractivity contribution in [3.63, 3.8) is 0 Å². The lowest BCUT2D eigenvalue weighted by atomic mass is 10.2. The smallest absolute Gasteiger partial charge is 0.243 e. The fourth-order valence-electron chi connectivity index (χ4n) is 3.57. The van der Waals surface area contributed by atoms with E-state index < -0.39 is 15.8 Å². The standard InChI is InChI=1S/C19H19FN10O2S/c1-13-6-7-30(25-13)18-5-4-17(21-22-18)28-8-10-29(11-9-28)33(31,32)14-2-3-16(20)15(12-14)19-23-26-27-24-19/h2-7,12H,8-11H2,1H3,(H,23,24,26,27). The van der Waals surface area contributed by atoms with E-state index in [9.17, 15) is 12.8 Å². The Hall–Kier alpha value is -3.78. The number of tetrazole rings is 1. The van der Waals surface area contributed by atoms with Crippen LogP contribution in [-0.2, 0) is 10.0 Å². The molecule has 4 heterocycles. The lowest BCUT2D eigenvalue weighted by Gasteiger charge is -2.34. The highest BCUT2D eigenvalue weighted by Crippen LogP contribution is 2.25. The van der Waals surface area contributed by atoms with Crippen molar-refractivity contribution in [2.24, 2.45) is 0 Å². The topological polar surface area (TPSA) is 139 Å². The quantitative estimate of drug-likeness (QED) is 0.449. The number of aryl methyl sites for hydroxylation is 1. The summed E-state index contributed by atoms with van der Waals surface area (Å²) in [6, 6.07) is 9.08. The number of benzene rings is 1.